The number of hydrogen-bond acceptors (Lipinski definition) is 1. The number of hydrogen-bond donors (Lipinski definition) is 0. The van der Waals surface area contributed by atoms with E-state index < -0.39 is 0 Å². The molecular formula is C10H18O. The summed E-state index contributed by atoms with van der Waals surface area (Å²) in [6.45, 7) is 4.30. The first-order chi connectivity index (χ1) is 5.23. The zero-order valence-corrected chi connectivity index (χ0v) is 7.60. The molecule has 1 saturated carbocycles. The predicted octanol–water partition coefficient (Wildman–Crippen LogP) is 2.79. The molecule has 0 bridgehead atoms. The Labute approximate surface area is 69.2 Å². The molecular weight excluding hydrogens is 136 g/mol. The molecule has 11 heavy (non-hydrogen) atoms. The van der Waals surface area contributed by atoms with Gasteiger partial charge in [0.05, 0.1) is 0 Å². The predicted molar refractivity (Wildman–Crippen MR) is 46.4 cm³/mol. The maximum Gasteiger partial charge on any atom is 0.126 e. The first-order valence-corrected chi connectivity index (χ1v) is 4.69. The second-order valence-electron chi connectivity index (χ2n) is 4.00. The van der Waals surface area contributed by atoms with E-state index >= 15 is 0 Å². The highest BCUT2D eigenvalue weighted by molar-refractivity contribution is 5.59. The van der Waals surface area contributed by atoms with E-state index in [0.29, 0.717) is 5.92 Å². The summed E-state index contributed by atoms with van der Waals surface area (Å²) >= 11 is 0. The lowest BCUT2D eigenvalue weighted by Gasteiger charge is -2.21. The summed E-state index contributed by atoms with van der Waals surface area (Å²) in [4.78, 5) is 10.8. The fourth-order valence-electron chi connectivity index (χ4n) is 1.66. The van der Waals surface area contributed by atoms with Crippen LogP contribution in [0.25, 0.3) is 0 Å². The van der Waals surface area contributed by atoms with Gasteiger partial charge in [-0.2, -0.15) is 0 Å². The van der Waals surface area contributed by atoms with Gasteiger partial charge in [-0.3, -0.25) is 0 Å². The van der Waals surface area contributed by atoms with E-state index in [4.69, 9.17) is 0 Å². The average molecular weight is 154 g/mol. The molecule has 1 atom stereocenters. The van der Waals surface area contributed by atoms with Crippen molar-refractivity contribution in [2.75, 3.05) is 0 Å². The summed E-state index contributed by atoms with van der Waals surface area (Å²) in [5.74, 6) is 0.714. The summed E-state index contributed by atoms with van der Waals surface area (Å²) in [5.41, 5.74) is 0.0238. The number of aldehydes is 1. The monoisotopic (exact) mass is 154 g/mol. The maximum atomic E-state index is 10.8. The number of carbonyl (C=O) groups excluding carboxylic acids is 1. The molecule has 1 heteroatoms. The van der Waals surface area contributed by atoms with Crippen molar-refractivity contribution in [2.45, 2.75) is 46.0 Å². The molecule has 0 saturated heterocycles. The van der Waals surface area contributed by atoms with Gasteiger partial charge in [0, 0.05) is 5.41 Å². The minimum absolute atomic E-state index is 0.0238. The van der Waals surface area contributed by atoms with Crippen molar-refractivity contribution >= 4 is 6.29 Å². The van der Waals surface area contributed by atoms with E-state index in [2.05, 4.69) is 13.8 Å². The Morgan fingerprint density at radius 3 is 2.55 bits per heavy atom. The molecule has 1 aliphatic carbocycles. The Kier molecular flexibility index (Phi) is 2.69. The molecule has 1 nitrogen and oxygen atoms in total. The molecule has 0 aromatic carbocycles. The third-order valence-corrected chi connectivity index (χ3v) is 2.85. The Morgan fingerprint density at radius 1 is 1.55 bits per heavy atom. The molecule has 0 aliphatic heterocycles. The van der Waals surface area contributed by atoms with E-state index in [1.54, 1.807) is 0 Å². The second kappa shape index (κ2) is 3.38. The zero-order valence-electron chi connectivity index (χ0n) is 7.60. The van der Waals surface area contributed by atoms with Crippen LogP contribution in [0.3, 0.4) is 0 Å². The van der Waals surface area contributed by atoms with Crippen LogP contribution in [0.2, 0.25) is 0 Å². The Bertz CT molecular complexity index is 138. The van der Waals surface area contributed by atoms with Crippen molar-refractivity contribution in [2.24, 2.45) is 11.3 Å². The van der Waals surface area contributed by atoms with Gasteiger partial charge in [0.25, 0.3) is 0 Å². The number of unbranched alkanes of at least 4 members (excludes halogenated alkanes) is 1. The quantitative estimate of drug-likeness (QED) is 0.556. The highest BCUT2D eigenvalue weighted by Gasteiger charge is 2.40. The third kappa shape index (κ3) is 2.05. The fraction of sp³-hybridized carbons (Fsp3) is 0.900. The highest BCUT2D eigenvalue weighted by Crippen LogP contribution is 2.46. The van der Waals surface area contributed by atoms with E-state index in [9.17, 15) is 4.79 Å². The van der Waals surface area contributed by atoms with Gasteiger partial charge in [0.1, 0.15) is 6.29 Å². The zero-order chi connectivity index (χ0) is 8.32. The van der Waals surface area contributed by atoms with Crippen LogP contribution in [-0.2, 0) is 4.79 Å². The van der Waals surface area contributed by atoms with Gasteiger partial charge < -0.3 is 4.79 Å². The van der Waals surface area contributed by atoms with Crippen LogP contribution in [-0.4, -0.2) is 6.29 Å². The van der Waals surface area contributed by atoms with Crippen molar-refractivity contribution in [1.29, 1.82) is 0 Å². The van der Waals surface area contributed by atoms with Crippen molar-refractivity contribution in [3.8, 4) is 0 Å². The molecule has 1 fully saturated rings. The molecule has 0 heterocycles. The minimum Gasteiger partial charge on any atom is -0.303 e. The van der Waals surface area contributed by atoms with Crippen LogP contribution < -0.4 is 0 Å². The molecule has 1 unspecified atom stereocenters. The van der Waals surface area contributed by atoms with Crippen LogP contribution in [0.5, 0.6) is 0 Å². The van der Waals surface area contributed by atoms with Gasteiger partial charge in [-0.1, -0.05) is 26.7 Å². The molecule has 0 aromatic heterocycles. The molecule has 0 N–H and O–H groups in total. The SMILES string of the molecule is CCCCC(C)(C=O)C1CC1. The van der Waals surface area contributed by atoms with E-state index in [-0.39, 0.29) is 5.41 Å². The van der Waals surface area contributed by atoms with Gasteiger partial charge in [0.2, 0.25) is 0 Å². The normalized spacial score (nSPS) is 22.7. The standard InChI is InChI=1S/C10H18O/c1-3-4-7-10(2,8-11)9-5-6-9/h8-9H,3-7H2,1-2H3. The van der Waals surface area contributed by atoms with Crippen molar-refractivity contribution in [3.63, 3.8) is 0 Å². The van der Waals surface area contributed by atoms with Crippen LogP contribution in [0, 0.1) is 11.3 Å². The van der Waals surface area contributed by atoms with Gasteiger partial charge in [-0.25, -0.2) is 0 Å². The summed E-state index contributed by atoms with van der Waals surface area (Å²) in [6.07, 6.45) is 7.23. The van der Waals surface area contributed by atoms with Crippen LogP contribution in [0.1, 0.15) is 46.0 Å². The summed E-state index contributed by atoms with van der Waals surface area (Å²) < 4.78 is 0. The Hall–Kier alpha value is -0.330. The van der Waals surface area contributed by atoms with E-state index in [0.717, 1.165) is 6.42 Å². The van der Waals surface area contributed by atoms with Gasteiger partial charge in [0.15, 0.2) is 0 Å². The van der Waals surface area contributed by atoms with Crippen LogP contribution in [0.4, 0.5) is 0 Å². The highest BCUT2D eigenvalue weighted by atomic mass is 16.1. The minimum atomic E-state index is 0.0238. The first kappa shape index (κ1) is 8.76. The lowest BCUT2D eigenvalue weighted by molar-refractivity contribution is -0.116. The first-order valence-electron chi connectivity index (χ1n) is 4.69. The lowest BCUT2D eigenvalue weighted by Crippen LogP contribution is -2.20. The van der Waals surface area contributed by atoms with E-state index in [1.165, 1.54) is 32.0 Å². The topological polar surface area (TPSA) is 17.1 Å². The number of rotatable bonds is 5. The lowest BCUT2D eigenvalue weighted by atomic mass is 9.82. The molecule has 64 valence electrons. The van der Waals surface area contributed by atoms with Crippen molar-refractivity contribution < 1.29 is 4.79 Å². The average Bonchev–Trinajstić information content (AvgIpc) is 2.82. The Morgan fingerprint density at radius 2 is 2.18 bits per heavy atom. The van der Waals surface area contributed by atoms with Crippen LogP contribution >= 0.6 is 0 Å². The third-order valence-electron chi connectivity index (χ3n) is 2.85. The fourth-order valence-corrected chi connectivity index (χ4v) is 1.66. The van der Waals surface area contributed by atoms with Crippen molar-refractivity contribution in [1.82, 2.24) is 0 Å². The van der Waals surface area contributed by atoms with Gasteiger partial charge in [-0.05, 0) is 25.2 Å². The van der Waals surface area contributed by atoms with Crippen molar-refractivity contribution in [3.05, 3.63) is 0 Å². The summed E-state index contributed by atoms with van der Waals surface area (Å²) in [7, 11) is 0. The molecule has 1 aliphatic rings. The summed E-state index contributed by atoms with van der Waals surface area (Å²) in [5, 5.41) is 0. The molecule has 1 rings (SSSR count). The molecule has 0 spiro atoms. The molecule has 0 aromatic rings. The summed E-state index contributed by atoms with van der Waals surface area (Å²) in [6, 6.07) is 0. The van der Waals surface area contributed by atoms with Gasteiger partial charge in [-0.15, -0.1) is 0 Å². The maximum absolute atomic E-state index is 10.8. The Balaban J connectivity index is 2.38. The van der Waals surface area contributed by atoms with E-state index in [1.807, 2.05) is 0 Å². The van der Waals surface area contributed by atoms with Crippen LogP contribution in [0.15, 0.2) is 0 Å². The largest absolute Gasteiger partial charge is 0.303 e. The second-order valence-corrected chi connectivity index (χ2v) is 4.00. The van der Waals surface area contributed by atoms with Gasteiger partial charge >= 0.3 is 0 Å². The molecule has 0 radical (unpaired) electrons. The smallest absolute Gasteiger partial charge is 0.126 e. The molecule has 0 amide bonds. The number of carbonyl (C=O) groups is 1.